The van der Waals surface area contributed by atoms with Crippen LogP contribution >= 0.6 is 11.6 Å². The average Bonchev–Trinajstić information content (AvgIpc) is 2.27. The molecule has 0 N–H and O–H groups in total. The van der Waals surface area contributed by atoms with Gasteiger partial charge in [-0.1, -0.05) is 24.3 Å². The molecule has 0 radical (unpaired) electrons. The quantitative estimate of drug-likeness (QED) is 0.389. The number of allylic oxidation sites excluding steroid dienone is 1. The number of ether oxygens (including phenoxy) is 1. The van der Waals surface area contributed by atoms with Crippen molar-refractivity contribution in [2.45, 2.75) is 19.3 Å². The van der Waals surface area contributed by atoms with Crippen LogP contribution in [0.5, 0.6) is 5.75 Å². The van der Waals surface area contributed by atoms with Crippen LogP contribution < -0.4 is 4.74 Å². The van der Waals surface area contributed by atoms with E-state index >= 15 is 0 Å². The zero-order chi connectivity index (χ0) is 10.9. The van der Waals surface area contributed by atoms with Crippen molar-refractivity contribution >= 4 is 11.6 Å². The molecule has 0 fully saturated rings. The second-order valence-corrected chi connectivity index (χ2v) is 3.72. The molecule has 15 heavy (non-hydrogen) atoms. The second-order valence-electron chi connectivity index (χ2n) is 3.35. The molecule has 1 rings (SSSR count). The Morgan fingerprint density at radius 1 is 1.27 bits per heavy atom. The first-order valence-electron chi connectivity index (χ1n) is 5.26. The maximum Gasteiger partial charge on any atom is 0.122 e. The van der Waals surface area contributed by atoms with Gasteiger partial charge in [0.05, 0.1) is 6.61 Å². The third-order valence-corrected chi connectivity index (χ3v) is 2.39. The molecule has 0 heterocycles. The zero-order valence-corrected chi connectivity index (χ0v) is 9.67. The van der Waals surface area contributed by atoms with Gasteiger partial charge in [-0.2, -0.15) is 0 Å². The molecule has 0 aliphatic heterocycles. The Morgan fingerprint density at radius 2 is 2.07 bits per heavy atom. The van der Waals surface area contributed by atoms with Crippen molar-refractivity contribution in [2.75, 3.05) is 12.5 Å². The highest BCUT2D eigenvalue weighted by molar-refractivity contribution is 6.17. The SMILES string of the molecule is C=CCc1ccccc1OCCCCCl. The molecule has 0 aliphatic carbocycles. The third-order valence-electron chi connectivity index (χ3n) is 2.12. The van der Waals surface area contributed by atoms with Crippen LogP contribution in [0.4, 0.5) is 0 Å². The number of hydrogen-bond donors (Lipinski definition) is 0. The van der Waals surface area contributed by atoms with Crippen LogP contribution in [0.15, 0.2) is 36.9 Å². The number of unbranched alkanes of at least 4 members (excludes halogenated alkanes) is 1. The highest BCUT2D eigenvalue weighted by Gasteiger charge is 2.00. The minimum Gasteiger partial charge on any atom is -0.493 e. The normalized spacial score (nSPS) is 9.93. The molecule has 1 nitrogen and oxygen atoms in total. The molecule has 1 aromatic carbocycles. The van der Waals surface area contributed by atoms with Crippen LogP contribution in [0.25, 0.3) is 0 Å². The van der Waals surface area contributed by atoms with Gasteiger partial charge >= 0.3 is 0 Å². The van der Waals surface area contributed by atoms with Crippen molar-refractivity contribution in [1.82, 2.24) is 0 Å². The van der Waals surface area contributed by atoms with Crippen molar-refractivity contribution in [3.05, 3.63) is 42.5 Å². The Labute approximate surface area is 96.7 Å². The van der Waals surface area contributed by atoms with Gasteiger partial charge in [0.15, 0.2) is 0 Å². The van der Waals surface area contributed by atoms with Gasteiger partial charge in [0.25, 0.3) is 0 Å². The summed E-state index contributed by atoms with van der Waals surface area (Å²) >= 11 is 5.60. The summed E-state index contributed by atoms with van der Waals surface area (Å²) in [5, 5.41) is 0. The summed E-state index contributed by atoms with van der Waals surface area (Å²) in [5.74, 6) is 1.67. The molecule has 0 saturated heterocycles. The smallest absolute Gasteiger partial charge is 0.122 e. The van der Waals surface area contributed by atoms with E-state index in [1.165, 1.54) is 5.56 Å². The van der Waals surface area contributed by atoms with Crippen molar-refractivity contribution in [2.24, 2.45) is 0 Å². The van der Waals surface area contributed by atoms with Gasteiger partial charge < -0.3 is 4.74 Å². The predicted octanol–water partition coefficient (Wildman–Crippen LogP) is 3.81. The molecule has 0 aromatic heterocycles. The highest BCUT2D eigenvalue weighted by Crippen LogP contribution is 2.18. The summed E-state index contributed by atoms with van der Waals surface area (Å²) < 4.78 is 5.69. The van der Waals surface area contributed by atoms with Crippen LogP contribution in [0, 0.1) is 0 Å². The first kappa shape index (κ1) is 12.1. The Balaban J connectivity index is 2.47. The van der Waals surface area contributed by atoms with Gasteiger partial charge in [0.1, 0.15) is 5.75 Å². The summed E-state index contributed by atoms with van der Waals surface area (Å²) in [5.41, 5.74) is 1.19. The fraction of sp³-hybridized carbons (Fsp3) is 0.385. The largest absolute Gasteiger partial charge is 0.493 e. The lowest BCUT2D eigenvalue weighted by atomic mass is 10.1. The summed E-state index contributed by atoms with van der Waals surface area (Å²) in [6.07, 6.45) is 4.75. The van der Waals surface area contributed by atoms with E-state index in [0.29, 0.717) is 5.88 Å². The molecule has 82 valence electrons. The van der Waals surface area contributed by atoms with E-state index in [4.69, 9.17) is 16.3 Å². The van der Waals surface area contributed by atoms with Crippen LogP contribution in [0.2, 0.25) is 0 Å². The van der Waals surface area contributed by atoms with E-state index in [0.717, 1.165) is 31.6 Å². The summed E-state index contributed by atoms with van der Waals surface area (Å²) in [6, 6.07) is 8.08. The Hall–Kier alpha value is -0.950. The number of para-hydroxylation sites is 1. The van der Waals surface area contributed by atoms with Gasteiger partial charge in [0, 0.05) is 5.88 Å². The minimum atomic E-state index is 0.706. The van der Waals surface area contributed by atoms with E-state index in [2.05, 4.69) is 12.6 Å². The van der Waals surface area contributed by atoms with Gasteiger partial charge in [-0.25, -0.2) is 0 Å². The second kappa shape index (κ2) is 7.36. The Bertz CT molecular complexity index is 296. The van der Waals surface area contributed by atoms with Gasteiger partial charge in [0.2, 0.25) is 0 Å². The van der Waals surface area contributed by atoms with E-state index in [-0.39, 0.29) is 0 Å². The van der Waals surface area contributed by atoms with E-state index < -0.39 is 0 Å². The number of halogens is 1. The Morgan fingerprint density at radius 3 is 2.80 bits per heavy atom. The van der Waals surface area contributed by atoms with Gasteiger partial charge in [-0.3, -0.25) is 0 Å². The molecule has 0 spiro atoms. The fourth-order valence-corrected chi connectivity index (χ4v) is 1.54. The molecule has 0 unspecified atom stereocenters. The van der Waals surface area contributed by atoms with E-state index in [1.54, 1.807) is 0 Å². The lowest BCUT2D eigenvalue weighted by Crippen LogP contribution is -2.00. The number of hydrogen-bond acceptors (Lipinski definition) is 1. The van der Waals surface area contributed by atoms with E-state index in [9.17, 15) is 0 Å². The molecular formula is C13H17ClO. The topological polar surface area (TPSA) is 9.23 Å². The molecule has 0 amide bonds. The fourth-order valence-electron chi connectivity index (χ4n) is 1.35. The molecule has 0 atom stereocenters. The summed E-state index contributed by atoms with van der Waals surface area (Å²) in [6.45, 7) is 4.47. The van der Waals surface area contributed by atoms with Crippen molar-refractivity contribution in [3.8, 4) is 5.75 Å². The first-order chi connectivity index (χ1) is 7.38. The van der Waals surface area contributed by atoms with Crippen molar-refractivity contribution < 1.29 is 4.74 Å². The summed E-state index contributed by atoms with van der Waals surface area (Å²) in [4.78, 5) is 0. The zero-order valence-electron chi connectivity index (χ0n) is 8.92. The van der Waals surface area contributed by atoms with Crippen LogP contribution in [0.3, 0.4) is 0 Å². The predicted molar refractivity (Wildman–Crippen MR) is 65.8 cm³/mol. The van der Waals surface area contributed by atoms with Crippen molar-refractivity contribution in [3.63, 3.8) is 0 Å². The van der Waals surface area contributed by atoms with E-state index in [1.807, 2.05) is 24.3 Å². The molecule has 1 aromatic rings. The first-order valence-corrected chi connectivity index (χ1v) is 5.79. The molecule has 2 heteroatoms. The van der Waals surface area contributed by atoms with Crippen LogP contribution in [-0.2, 0) is 6.42 Å². The monoisotopic (exact) mass is 224 g/mol. The molecule has 0 bridgehead atoms. The lowest BCUT2D eigenvalue weighted by molar-refractivity contribution is 0.307. The number of rotatable bonds is 7. The minimum absolute atomic E-state index is 0.706. The van der Waals surface area contributed by atoms with Gasteiger partial charge in [-0.05, 0) is 30.9 Å². The number of alkyl halides is 1. The van der Waals surface area contributed by atoms with Crippen molar-refractivity contribution in [1.29, 1.82) is 0 Å². The molecular weight excluding hydrogens is 208 g/mol. The van der Waals surface area contributed by atoms with Gasteiger partial charge in [-0.15, -0.1) is 18.2 Å². The maximum atomic E-state index is 5.69. The van der Waals surface area contributed by atoms with Crippen LogP contribution in [0.1, 0.15) is 18.4 Å². The summed E-state index contributed by atoms with van der Waals surface area (Å²) in [7, 11) is 0. The standard InChI is InChI=1S/C13H17ClO/c1-2-7-12-8-3-4-9-13(12)15-11-6-5-10-14/h2-4,8-9H,1,5-7,10-11H2. The lowest BCUT2D eigenvalue weighted by Gasteiger charge is -2.09. The number of benzene rings is 1. The highest BCUT2D eigenvalue weighted by atomic mass is 35.5. The molecule has 0 aliphatic rings. The third kappa shape index (κ3) is 4.39. The Kier molecular flexibility index (Phi) is 5.94. The van der Waals surface area contributed by atoms with Crippen LogP contribution in [-0.4, -0.2) is 12.5 Å². The maximum absolute atomic E-state index is 5.69. The average molecular weight is 225 g/mol. The molecule has 0 saturated carbocycles.